The first-order valence-corrected chi connectivity index (χ1v) is 8.82. The van der Waals surface area contributed by atoms with E-state index in [9.17, 15) is 9.18 Å². The SMILES string of the molecule is Cc1c(NC(=O)CN2CCCCCC2c2cccc(F)c2)cnn1C. The molecule has 0 spiro atoms. The van der Waals surface area contributed by atoms with Crippen molar-refractivity contribution in [2.75, 3.05) is 18.4 Å². The number of likely N-dealkylation sites (tertiary alicyclic amines) is 1. The van der Waals surface area contributed by atoms with Crippen molar-refractivity contribution >= 4 is 11.6 Å². The number of amides is 1. The quantitative estimate of drug-likeness (QED) is 0.924. The molecule has 0 radical (unpaired) electrons. The molecular formula is C19H25FN4O. The smallest absolute Gasteiger partial charge is 0.238 e. The number of nitrogens with zero attached hydrogens (tertiary/aromatic N) is 3. The molecule has 1 N–H and O–H groups in total. The van der Waals surface area contributed by atoms with E-state index in [2.05, 4.69) is 15.3 Å². The summed E-state index contributed by atoms with van der Waals surface area (Å²) in [5, 5.41) is 7.09. The highest BCUT2D eigenvalue weighted by molar-refractivity contribution is 5.92. The van der Waals surface area contributed by atoms with Gasteiger partial charge in [0.25, 0.3) is 0 Å². The van der Waals surface area contributed by atoms with Gasteiger partial charge in [-0.05, 0) is 44.0 Å². The molecule has 0 bridgehead atoms. The highest BCUT2D eigenvalue weighted by atomic mass is 19.1. The van der Waals surface area contributed by atoms with Gasteiger partial charge in [0.2, 0.25) is 5.91 Å². The summed E-state index contributed by atoms with van der Waals surface area (Å²) in [5.74, 6) is -0.281. The van der Waals surface area contributed by atoms with Crippen LogP contribution >= 0.6 is 0 Å². The summed E-state index contributed by atoms with van der Waals surface area (Å²) in [6.07, 6.45) is 5.92. The third kappa shape index (κ3) is 4.25. The molecule has 1 fully saturated rings. The third-order valence-corrected chi connectivity index (χ3v) is 4.95. The number of aromatic nitrogens is 2. The topological polar surface area (TPSA) is 50.2 Å². The van der Waals surface area contributed by atoms with Gasteiger partial charge in [0, 0.05) is 13.1 Å². The number of benzene rings is 1. The normalized spacial score (nSPS) is 18.8. The Labute approximate surface area is 147 Å². The number of hydrogen-bond acceptors (Lipinski definition) is 3. The minimum atomic E-state index is -0.225. The van der Waals surface area contributed by atoms with Crippen molar-refractivity contribution < 1.29 is 9.18 Å². The van der Waals surface area contributed by atoms with Gasteiger partial charge in [-0.15, -0.1) is 0 Å². The second-order valence-corrected chi connectivity index (χ2v) is 6.71. The Balaban J connectivity index is 1.73. The van der Waals surface area contributed by atoms with Crippen LogP contribution in [-0.4, -0.2) is 33.7 Å². The standard InChI is InChI=1S/C19H25FN4O/c1-14-17(12-21-23(14)2)22-19(25)13-24-10-5-3-4-9-18(24)15-7-6-8-16(20)11-15/h6-8,11-12,18H,3-5,9-10,13H2,1-2H3,(H,22,25). The van der Waals surface area contributed by atoms with Gasteiger partial charge in [-0.3, -0.25) is 14.4 Å². The fraction of sp³-hybridized carbons (Fsp3) is 0.474. The number of carbonyl (C=O) groups excluding carboxylic acids is 1. The molecule has 1 atom stereocenters. The summed E-state index contributed by atoms with van der Waals surface area (Å²) in [5.41, 5.74) is 2.61. The first-order valence-electron chi connectivity index (χ1n) is 8.82. The maximum absolute atomic E-state index is 13.6. The van der Waals surface area contributed by atoms with Gasteiger partial charge in [0.15, 0.2) is 0 Å². The molecule has 6 heteroatoms. The summed E-state index contributed by atoms with van der Waals surface area (Å²) in [6, 6.07) is 6.83. The van der Waals surface area contributed by atoms with Crippen molar-refractivity contribution in [3.63, 3.8) is 0 Å². The van der Waals surface area contributed by atoms with E-state index in [-0.39, 0.29) is 17.8 Å². The Hall–Kier alpha value is -2.21. The predicted octanol–water partition coefficient (Wildman–Crippen LogP) is 3.42. The van der Waals surface area contributed by atoms with Crippen LogP contribution in [-0.2, 0) is 11.8 Å². The molecule has 0 saturated carbocycles. The zero-order valence-corrected chi connectivity index (χ0v) is 14.8. The van der Waals surface area contributed by atoms with Crippen molar-refractivity contribution in [1.82, 2.24) is 14.7 Å². The van der Waals surface area contributed by atoms with Gasteiger partial charge in [0.05, 0.1) is 24.1 Å². The van der Waals surface area contributed by atoms with Gasteiger partial charge < -0.3 is 5.32 Å². The summed E-state index contributed by atoms with van der Waals surface area (Å²) < 4.78 is 15.4. The van der Waals surface area contributed by atoms with E-state index < -0.39 is 0 Å². The molecule has 3 rings (SSSR count). The van der Waals surface area contributed by atoms with Gasteiger partial charge in [-0.2, -0.15) is 5.10 Å². The molecule has 1 aromatic carbocycles. The molecule has 2 heterocycles. The summed E-state index contributed by atoms with van der Waals surface area (Å²) in [4.78, 5) is 14.7. The summed E-state index contributed by atoms with van der Waals surface area (Å²) in [7, 11) is 1.85. The Morgan fingerprint density at radius 2 is 2.20 bits per heavy atom. The van der Waals surface area contributed by atoms with Crippen molar-refractivity contribution in [3.05, 3.63) is 47.5 Å². The Bertz CT molecular complexity index is 743. The minimum absolute atomic E-state index is 0.0561. The third-order valence-electron chi connectivity index (χ3n) is 4.95. The lowest BCUT2D eigenvalue weighted by Gasteiger charge is -2.29. The summed E-state index contributed by atoms with van der Waals surface area (Å²) in [6.45, 7) is 3.07. The molecule has 1 aliphatic heterocycles. The maximum Gasteiger partial charge on any atom is 0.238 e. The van der Waals surface area contributed by atoms with Crippen LogP contribution in [0.4, 0.5) is 10.1 Å². The number of anilines is 1. The molecule has 0 aliphatic carbocycles. The molecule has 2 aromatic rings. The van der Waals surface area contributed by atoms with E-state index >= 15 is 0 Å². The van der Waals surface area contributed by atoms with Gasteiger partial charge in [-0.1, -0.05) is 25.0 Å². The van der Waals surface area contributed by atoms with E-state index in [4.69, 9.17) is 0 Å². The Morgan fingerprint density at radius 1 is 1.36 bits per heavy atom. The van der Waals surface area contributed by atoms with Crippen LogP contribution in [0.5, 0.6) is 0 Å². The fourth-order valence-electron chi connectivity index (χ4n) is 3.44. The lowest BCUT2D eigenvalue weighted by atomic mass is 10.0. The van der Waals surface area contributed by atoms with Crippen LogP contribution in [0.25, 0.3) is 0 Å². The summed E-state index contributed by atoms with van der Waals surface area (Å²) >= 11 is 0. The van der Waals surface area contributed by atoms with E-state index in [1.165, 1.54) is 6.07 Å². The number of carbonyl (C=O) groups is 1. The van der Waals surface area contributed by atoms with Crippen LogP contribution in [0, 0.1) is 12.7 Å². The molecule has 5 nitrogen and oxygen atoms in total. The Kier molecular flexibility index (Phi) is 5.48. The first-order chi connectivity index (χ1) is 12.0. The average molecular weight is 344 g/mol. The van der Waals surface area contributed by atoms with Gasteiger partial charge in [-0.25, -0.2) is 4.39 Å². The van der Waals surface area contributed by atoms with Crippen LogP contribution in [0.15, 0.2) is 30.5 Å². The molecule has 1 unspecified atom stereocenters. The maximum atomic E-state index is 13.6. The van der Waals surface area contributed by atoms with E-state index in [0.717, 1.165) is 49.2 Å². The van der Waals surface area contributed by atoms with Crippen LogP contribution in [0.2, 0.25) is 0 Å². The predicted molar refractivity (Wildman–Crippen MR) is 95.8 cm³/mol. The molecule has 1 saturated heterocycles. The number of aryl methyl sites for hydroxylation is 1. The second-order valence-electron chi connectivity index (χ2n) is 6.71. The molecule has 1 aliphatic rings. The largest absolute Gasteiger partial charge is 0.322 e. The van der Waals surface area contributed by atoms with Crippen molar-refractivity contribution in [3.8, 4) is 0 Å². The molecule has 1 amide bonds. The van der Waals surface area contributed by atoms with Crippen LogP contribution in [0.3, 0.4) is 0 Å². The number of hydrogen-bond donors (Lipinski definition) is 1. The minimum Gasteiger partial charge on any atom is -0.322 e. The fourth-order valence-corrected chi connectivity index (χ4v) is 3.44. The zero-order valence-electron chi connectivity index (χ0n) is 14.8. The van der Waals surface area contributed by atoms with Crippen molar-refractivity contribution in [1.29, 1.82) is 0 Å². The van der Waals surface area contributed by atoms with E-state index in [1.807, 2.05) is 20.0 Å². The zero-order chi connectivity index (χ0) is 17.8. The van der Waals surface area contributed by atoms with Crippen molar-refractivity contribution in [2.24, 2.45) is 7.05 Å². The van der Waals surface area contributed by atoms with E-state index in [1.54, 1.807) is 23.0 Å². The number of halogens is 1. The van der Waals surface area contributed by atoms with Crippen LogP contribution < -0.4 is 5.32 Å². The van der Waals surface area contributed by atoms with Crippen LogP contribution in [0.1, 0.15) is 43.0 Å². The number of nitrogens with one attached hydrogen (secondary N) is 1. The lowest BCUT2D eigenvalue weighted by Crippen LogP contribution is -2.36. The van der Waals surface area contributed by atoms with Gasteiger partial charge >= 0.3 is 0 Å². The van der Waals surface area contributed by atoms with Crippen molar-refractivity contribution in [2.45, 2.75) is 38.6 Å². The molecular weight excluding hydrogens is 319 g/mol. The molecule has 25 heavy (non-hydrogen) atoms. The lowest BCUT2D eigenvalue weighted by molar-refractivity contribution is -0.117. The number of rotatable bonds is 4. The van der Waals surface area contributed by atoms with Gasteiger partial charge in [0.1, 0.15) is 5.82 Å². The monoisotopic (exact) mass is 344 g/mol. The second kappa shape index (κ2) is 7.78. The average Bonchev–Trinajstić information content (AvgIpc) is 2.78. The Morgan fingerprint density at radius 3 is 2.92 bits per heavy atom. The molecule has 1 aromatic heterocycles. The van der Waals surface area contributed by atoms with E-state index in [0.29, 0.717) is 6.54 Å². The first kappa shape index (κ1) is 17.6. The molecule has 134 valence electrons. The highest BCUT2D eigenvalue weighted by Gasteiger charge is 2.25. The highest BCUT2D eigenvalue weighted by Crippen LogP contribution is 2.30.